The van der Waals surface area contributed by atoms with Crippen LogP contribution in [0.5, 0.6) is 0 Å². The molecule has 0 aromatic heterocycles. The molecule has 2 N–H and O–H groups in total. The van der Waals surface area contributed by atoms with Gasteiger partial charge >= 0.3 is 0 Å². The molecule has 0 unspecified atom stereocenters. The van der Waals surface area contributed by atoms with Crippen molar-refractivity contribution in [3.05, 3.63) is 28.3 Å². The number of rotatable bonds is 3. The third-order valence-electron chi connectivity index (χ3n) is 4.48. The van der Waals surface area contributed by atoms with Crippen molar-refractivity contribution in [3.8, 4) is 0 Å². The van der Waals surface area contributed by atoms with Crippen LogP contribution in [0.4, 0.5) is 17.1 Å². The first-order chi connectivity index (χ1) is 10.9. The van der Waals surface area contributed by atoms with E-state index in [9.17, 15) is 18.5 Å². The van der Waals surface area contributed by atoms with E-state index in [0.717, 1.165) is 12.8 Å². The topological polar surface area (TPSA) is 110 Å². The van der Waals surface area contributed by atoms with Gasteiger partial charge in [0.25, 0.3) is 5.69 Å². The molecule has 0 saturated carbocycles. The standard InChI is InChI=1S/C14H20N4O4S/c15-11-4-5-13(18(19)20)14(9-11)16-6-1-3-12(10-16)17-7-2-8-23(17,21)22/h4-5,9,12H,1-3,6-8,10,15H2/t12-/m1/s1. The van der Waals surface area contributed by atoms with Gasteiger partial charge in [-0.05, 0) is 31.4 Å². The van der Waals surface area contributed by atoms with Gasteiger partial charge in [-0.1, -0.05) is 0 Å². The van der Waals surface area contributed by atoms with Gasteiger partial charge in [0.1, 0.15) is 5.69 Å². The fraction of sp³-hybridized carbons (Fsp3) is 0.571. The van der Waals surface area contributed by atoms with E-state index in [-0.39, 0.29) is 17.5 Å². The van der Waals surface area contributed by atoms with E-state index in [4.69, 9.17) is 5.73 Å². The second-order valence-corrected chi connectivity index (χ2v) is 8.07. The Labute approximate surface area is 135 Å². The third kappa shape index (κ3) is 3.11. The summed E-state index contributed by atoms with van der Waals surface area (Å²) in [6, 6.07) is 4.38. The van der Waals surface area contributed by atoms with Crippen molar-refractivity contribution in [2.75, 3.05) is 36.0 Å². The zero-order valence-corrected chi connectivity index (χ0v) is 13.5. The number of nitrogen functional groups attached to an aromatic ring is 1. The van der Waals surface area contributed by atoms with Crippen molar-refractivity contribution < 1.29 is 13.3 Å². The van der Waals surface area contributed by atoms with Crippen molar-refractivity contribution in [2.45, 2.75) is 25.3 Å². The minimum absolute atomic E-state index is 0.00382. The molecule has 0 aliphatic carbocycles. The van der Waals surface area contributed by atoms with Gasteiger partial charge in [-0.2, -0.15) is 4.31 Å². The van der Waals surface area contributed by atoms with E-state index in [0.29, 0.717) is 37.4 Å². The Kier molecular flexibility index (Phi) is 4.15. The third-order valence-corrected chi connectivity index (χ3v) is 6.48. The van der Waals surface area contributed by atoms with Gasteiger partial charge in [0.2, 0.25) is 10.0 Å². The van der Waals surface area contributed by atoms with E-state index in [1.165, 1.54) is 12.1 Å². The van der Waals surface area contributed by atoms with Gasteiger partial charge in [-0.3, -0.25) is 10.1 Å². The molecule has 23 heavy (non-hydrogen) atoms. The van der Waals surface area contributed by atoms with Crippen LogP contribution in [0.25, 0.3) is 0 Å². The quantitative estimate of drug-likeness (QED) is 0.503. The summed E-state index contributed by atoms with van der Waals surface area (Å²) >= 11 is 0. The predicted molar refractivity (Wildman–Crippen MR) is 87.9 cm³/mol. The van der Waals surface area contributed by atoms with E-state index in [1.54, 1.807) is 10.4 Å². The number of anilines is 2. The Balaban J connectivity index is 1.87. The molecule has 2 saturated heterocycles. The first-order valence-corrected chi connectivity index (χ1v) is 9.28. The highest BCUT2D eigenvalue weighted by atomic mass is 32.2. The predicted octanol–water partition coefficient (Wildman–Crippen LogP) is 1.18. The molecule has 2 aliphatic heterocycles. The first kappa shape index (κ1) is 16.0. The number of benzene rings is 1. The maximum atomic E-state index is 12.1. The van der Waals surface area contributed by atoms with Crippen molar-refractivity contribution >= 4 is 27.1 Å². The summed E-state index contributed by atoms with van der Waals surface area (Å²) in [4.78, 5) is 12.7. The summed E-state index contributed by atoms with van der Waals surface area (Å²) in [5.41, 5.74) is 6.71. The van der Waals surface area contributed by atoms with Crippen LogP contribution in [0, 0.1) is 10.1 Å². The molecule has 0 amide bonds. The molecule has 8 nitrogen and oxygen atoms in total. The normalized spacial score (nSPS) is 24.7. The molecular weight excluding hydrogens is 320 g/mol. The fourth-order valence-electron chi connectivity index (χ4n) is 3.43. The van der Waals surface area contributed by atoms with Crippen molar-refractivity contribution in [3.63, 3.8) is 0 Å². The smallest absolute Gasteiger partial charge is 0.292 e. The van der Waals surface area contributed by atoms with Crippen LogP contribution in [0.2, 0.25) is 0 Å². The minimum Gasteiger partial charge on any atom is -0.399 e. The van der Waals surface area contributed by atoms with E-state index in [2.05, 4.69) is 0 Å². The Morgan fingerprint density at radius 2 is 2.04 bits per heavy atom. The van der Waals surface area contributed by atoms with Crippen LogP contribution in [0.1, 0.15) is 19.3 Å². The molecule has 1 aromatic rings. The molecular formula is C14H20N4O4S. The Morgan fingerprint density at radius 3 is 2.70 bits per heavy atom. The average molecular weight is 340 g/mol. The number of nitrogens with zero attached hydrogens (tertiary/aromatic N) is 3. The average Bonchev–Trinajstić information content (AvgIpc) is 2.86. The monoisotopic (exact) mass is 340 g/mol. The van der Waals surface area contributed by atoms with Crippen molar-refractivity contribution in [2.24, 2.45) is 0 Å². The first-order valence-electron chi connectivity index (χ1n) is 7.67. The Hall–Kier alpha value is -1.87. The zero-order valence-electron chi connectivity index (χ0n) is 12.7. The van der Waals surface area contributed by atoms with Crippen LogP contribution >= 0.6 is 0 Å². The molecule has 0 spiro atoms. The fourth-order valence-corrected chi connectivity index (χ4v) is 5.19. The number of nitro benzene ring substituents is 1. The molecule has 0 radical (unpaired) electrons. The highest BCUT2D eigenvalue weighted by Crippen LogP contribution is 2.33. The maximum Gasteiger partial charge on any atom is 0.292 e. The molecule has 2 aliphatic rings. The van der Waals surface area contributed by atoms with Crippen LogP contribution in [-0.2, 0) is 10.0 Å². The van der Waals surface area contributed by atoms with Crippen LogP contribution in [0.3, 0.4) is 0 Å². The van der Waals surface area contributed by atoms with Crippen LogP contribution in [-0.4, -0.2) is 49.1 Å². The van der Waals surface area contributed by atoms with E-state index < -0.39 is 14.9 Å². The molecule has 2 heterocycles. The second-order valence-electron chi connectivity index (χ2n) is 6.03. The number of piperidine rings is 1. The lowest BCUT2D eigenvalue weighted by Gasteiger charge is -2.37. The second kappa shape index (κ2) is 5.97. The summed E-state index contributed by atoms with van der Waals surface area (Å²) in [7, 11) is -3.18. The summed E-state index contributed by atoms with van der Waals surface area (Å²) in [6.45, 7) is 1.66. The van der Waals surface area contributed by atoms with Crippen LogP contribution in [0.15, 0.2) is 18.2 Å². The SMILES string of the molecule is Nc1ccc([N+](=O)[O-])c(N2CCC[C@@H](N3CCCS3(=O)=O)C2)c1. The lowest BCUT2D eigenvalue weighted by molar-refractivity contribution is -0.384. The van der Waals surface area contributed by atoms with Crippen molar-refractivity contribution in [1.82, 2.24) is 4.31 Å². The number of sulfonamides is 1. The molecule has 9 heteroatoms. The minimum atomic E-state index is -3.18. The molecule has 3 rings (SSSR count). The maximum absolute atomic E-state index is 12.1. The van der Waals surface area contributed by atoms with E-state index in [1.807, 2.05) is 4.90 Å². The summed E-state index contributed by atoms with van der Waals surface area (Å²) < 4.78 is 25.8. The zero-order chi connectivity index (χ0) is 16.6. The van der Waals surface area contributed by atoms with Gasteiger partial charge in [0.15, 0.2) is 0 Å². The van der Waals surface area contributed by atoms with Gasteiger partial charge in [0.05, 0.1) is 10.7 Å². The number of nitro groups is 1. The van der Waals surface area contributed by atoms with Crippen LogP contribution < -0.4 is 10.6 Å². The van der Waals surface area contributed by atoms with Gasteiger partial charge in [-0.25, -0.2) is 8.42 Å². The van der Waals surface area contributed by atoms with Gasteiger partial charge < -0.3 is 10.6 Å². The van der Waals surface area contributed by atoms with Gasteiger partial charge in [-0.15, -0.1) is 0 Å². The summed E-state index contributed by atoms with van der Waals surface area (Å²) in [6.07, 6.45) is 2.23. The molecule has 1 atom stereocenters. The lowest BCUT2D eigenvalue weighted by Crippen LogP contribution is -2.48. The van der Waals surface area contributed by atoms with Gasteiger partial charge in [0, 0.05) is 37.4 Å². The Morgan fingerprint density at radius 1 is 1.26 bits per heavy atom. The number of hydrogen-bond donors (Lipinski definition) is 1. The molecule has 2 fully saturated rings. The highest BCUT2D eigenvalue weighted by molar-refractivity contribution is 7.89. The van der Waals surface area contributed by atoms with Crippen molar-refractivity contribution in [1.29, 1.82) is 0 Å². The molecule has 126 valence electrons. The largest absolute Gasteiger partial charge is 0.399 e. The molecule has 0 bridgehead atoms. The lowest BCUT2D eigenvalue weighted by atomic mass is 10.0. The molecule has 1 aromatic carbocycles. The summed E-state index contributed by atoms with van der Waals surface area (Å²) in [5.74, 6) is 0.196. The number of nitrogens with two attached hydrogens (primary N) is 1. The number of hydrogen-bond acceptors (Lipinski definition) is 6. The van der Waals surface area contributed by atoms with E-state index >= 15 is 0 Å². The Bertz CT molecular complexity index is 721. The highest BCUT2D eigenvalue weighted by Gasteiger charge is 2.37. The summed E-state index contributed by atoms with van der Waals surface area (Å²) in [5, 5.41) is 11.2.